The number of ketones is 2. The summed E-state index contributed by atoms with van der Waals surface area (Å²) in [6.45, 7) is 3.99. The lowest BCUT2D eigenvalue weighted by Crippen LogP contribution is -2.44. The summed E-state index contributed by atoms with van der Waals surface area (Å²) in [5, 5.41) is 2.59. The number of Topliss-reactive ketones (excluding diaryl/α,β-unsaturated/α-hetero) is 2. The fourth-order valence-corrected chi connectivity index (χ4v) is 5.33. The number of nitrogens with one attached hydrogen (secondary N) is 2. The molecule has 2 unspecified atom stereocenters. The van der Waals surface area contributed by atoms with E-state index >= 15 is 0 Å². The molecule has 10 heteroatoms. The van der Waals surface area contributed by atoms with Gasteiger partial charge in [-0.15, -0.1) is 0 Å². The zero-order chi connectivity index (χ0) is 25.4. The molecule has 3 rings (SSSR count). The molecular formula is C25H32N4O5S. The lowest BCUT2D eigenvalue weighted by Gasteiger charge is -2.22. The number of fused-ring (bicyclic) bond motifs is 2. The monoisotopic (exact) mass is 500 g/mol. The third-order valence-electron chi connectivity index (χ3n) is 5.87. The molecule has 1 aliphatic rings. The Labute approximate surface area is 206 Å². The molecule has 1 aromatic heterocycles. The van der Waals surface area contributed by atoms with Crippen molar-refractivity contribution in [1.29, 1.82) is 0 Å². The number of rotatable bonds is 8. The molecule has 0 saturated heterocycles. The van der Waals surface area contributed by atoms with Crippen molar-refractivity contribution in [2.75, 3.05) is 6.54 Å². The van der Waals surface area contributed by atoms with Crippen molar-refractivity contribution in [3.8, 4) is 0 Å². The van der Waals surface area contributed by atoms with E-state index in [1.807, 2.05) is 19.9 Å². The Morgan fingerprint density at radius 3 is 2.60 bits per heavy atom. The van der Waals surface area contributed by atoms with E-state index in [2.05, 4.69) is 20.0 Å². The number of aromatic nitrogens is 2. The summed E-state index contributed by atoms with van der Waals surface area (Å²) in [5.74, 6) is -2.00. The molecule has 2 N–H and O–H groups in total. The highest BCUT2D eigenvalue weighted by Crippen LogP contribution is 2.20. The summed E-state index contributed by atoms with van der Waals surface area (Å²) in [5.41, 5.74) is 0.840. The van der Waals surface area contributed by atoms with Gasteiger partial charge < -0.3 is 5.32 Å². The second-order valence-corrected chi connectivity index (χ2v) is 10.9. The van der Waals surface area contributed by atoms with Crippen LogP contribution in [-0.2, 0) is 37.2 Å². The number of sulfonamides is 1. The number of carbonyl (C=O) groups excluding carboxylic acids is 3. The summed E-state index contributed by atoms with van der Waals surface area (Å²) in [4.78, 5) is 47.4. The van der Waals surface area contributed by atoms with Crippen LogP contribution in [0.25, 0.3) is 0 Å². The van der Waals surface area contributed by atoms with Crippen LogP contribution in [0.5, 0.6) is 0 Å². The summed E-state index contributed by atoms with van der Waals surface area (Å²) in [6.07, 6.45) is 3.60. The number of benzene rings is 1. The van der Waals surface area contributed by atoms with Gasteiger partial charge in [-0.2, -0.15) is 0 Å². The molecule has 0 aliphatic carbocycles. The number of hydrogen-bond donors (Lipinski definition) is 2. The van der Waals surface area contributed by atoms with E-state index in [1.165, 1.54) is 12.1 Å². The molecule has 1 amide bonds. The van der Waals surface area contributed by atoms with Crippen molar-refractivity contribution in [2.24, 2.45) is 11.8 Å². The predicted octanol–water partition coefficient (Wildman–Crippen LogP) is 2.01. The van der Waals surface area contributed by atoms with Gasteiger partial charge in [0.1, 0.15) is 5.82 Å². The van der Waals surface area contributed by atoms with E-state index in [4.69, 9.17) is 0 Å². The molecular weight excluding hydrogens is 468 g/mol. The molecule has 2 bridgehead atoms. The number of amides is 1. The van der Waals surface area contributed by atoms with Gasteiger partial charge >= 0.3 is 0 Å². The van der Waals surface area contributed by atoms with Crippen LogP contribution in [0.1, 0.15) is 51.0 Å². The molecule has 2 atom stereocenters. The first-order valence-corrected chi connectivity index (χ1v) is 13.4. The van der Waals surface area contributed by atoms with Gasteiger partial charge in [0.05, 0.1) is 10.9 Å². The third kappa shape index (κ3) is 7.76. The van der Waals surface area contributed by atoms with Crippen LogP contribution in [-0.4, -0.2) is 48.4 Å². The minimum Gasteiger partial charge on any atom is -0.349 e. The maximum atomic E-state index is 13.3. The molecule has 0 saturated carbocycles. The fourth-order valence-electron chi connectivity index (χ4n) is 4.07. The first-order chi connectivity index (χ1) is 16.7. The molecule has 35 heavy (non-hydrogen) atoms. The zero-order valence-electron chi connectivity index (χ0n) is 20.1. The average Bonchev–Trinajstić information content (AvgIpc) is 2.82. The van der Waals surface area contributed by atoms with Crippen LogP contribution in [0.15, 0.2) is 47.5 Å². The Morgan fingerprint density at radius 1 is 1.14 bits per heavy atom. The summed E-state index contributed by atoms with van der Waals surface area (Å²) >= 11 is 0. The minimum atomic E-state index is -3.93. The Morgan fingerprint density at radius 2 is 1.89 bits per heavy atom. The van der Waals surface area contributed by atoms with E-state index in [0.29, 0.717) is 31.5 Å². The van der Waals surface area contributed by atoms with Gasteiger partial charge in [0.15, 0.2) is 5.78 Å². The van der Waals surface area contributed by atoms with E-state index in [-0.39, 0.29) is 30.2 Å². The third-order valence-corrected chi connectivity index (χ3v) is 7.36. The van der Waals surface area contributed by atoms with E-state index in [9.17, 15) is 22.8 Å². The fraction of sp³-hybridized carbons (Fsp3) is 0.480. The van der Waals surface area contributed by atoms with Crippen LogP contribution in [0.3, 0.4) is 0 Å². The lowest BCUT2D eigenvalue weighted by molar-refractivity contribution is -0.141. The highest BCUT2D eigenvalue weighted by molar-refractivity contribution is 7.89. The topological polar surface area (TPSA) is 135 Å². The zero-order valence-corrected chi connectivity index (χ0v) is 20.9. The maximum absolute atomic E-state index is 13.3. The van der Waals surface area contributed by atoms with Gasteiger partial charge in [0.25, 0.3) is 5.91 Å². The second kappa shape index (κ2) is 12.1. The van der Waals surface area contributed by atoms with Gasteiger partial charge in [0.2, 0.25) is 15.8 Å². The second-order valence-electron chi connectivity index (χ2n) is 9.21. The van der Waals surface area contributed by atoms with E-state index < -0.39 is 39.5 Å². The SMILES string of the molecule is CC(C)CC(NS(=O)(=O)c1ccccc1)C(=O)CC1CCCc2ccnc(n2)CCNC(=O)C1=O. The van der Waals surface area contributed by atoms with Crippen molar-refractivity contribution < 1.29 is 22.8 Å². The molecule has 188 valence electrons. The van der Waals surface area contributed by atoms with Gasteiger partial charge in [-0.05, 0) is 49.8 Å². The largest absolute Gasteiger partial charge is 0.349 e. The highest BCUT2D eigenvalue weighted by atomic mass is 32.2. The van der Waals surface area contributed by atoms with Gasteiger partial charge in [0, 0.05) is 37.2 Å². The van der Waals surface area contributed by atoms with Crippen molar-refractivity contribution in [3.05, 3.63) is 54.1 Å². The van der Waals surface area contributed by atoms with Crippen molar-refractivity contribution in [3.63, 3.8) is 0 Å². The lowest BCUT2D eigenvalue weighted by atomic mass is 9.87. The summed E-state index contributed by atoms with van der Waals surface area (Å²) < 4.78 is 28.3. The molecule has 2 aromatic rings. The van der Waals surface area contributed by atoms with Crippen LogP contribution >= 0.6 is 0 Å². The minimum absolute atomic E-state index is 0.0321. The number of hydrogen-bond acceptors (Lipinski definition) is 7. The Bertz CT molecular complexity index is 1150. The smallest absolute Gasteiger partial charge is 0.287 e. The van der Waals surface area contributed by atoms with Gasteiger partial charge in [-0.25, -0.2) is 23.1 Å². The molecule has 0 spiro atoms. The number of carbonyl (C=O) groups is 3. The van der Waals surface area contributed by atoms with Crippen LogP contribution in [0, 0.1) is 11.8 Å². The Balaban J connectivity index is 1.77. The number of aryl methyl sites for hydroxylation is 1. The van der Waals surface area contributed by atoms with E-state index in [1.54, 1.807) is 24.4 Å². The number of nitrogens with zero attached hydrogens (tertiary/aromatic N) is 2. The highest BCUT2D eigenvalue weighted by Gasteiger charge is 2.32. The predicted molar refractivity (Wildman–Crippen MR) is 130 cm³/mol. The Hall–Kier alpha value is -2.98. The van der Waals surface area contributed by atoms with Gasteiger partial charge in [-0.3, -0.25) is 14.4 Å². The quantitative estimate of drug-likeness (QED) is 0.529. The van der Waals surface area contributed by atoms with Crippen molar-refractivity contribution >= 4 is 27.5 Å². The van der Waals surface area contributed by atoms with Crippen LogP contribution in [0.4, 0.5) is 0 Å². The first-order valence-electron chi connectivity index (χ1n) is 11.9. The van der Waals surface area contributed by atoms with Crippen LogP contribution in [0.2, 0.25) is 0 Å². The Kier molecular flexibility index (Phi) is 9.22. The summed E-state index contributed by atoms with van der Waals surface area (Å²) in [7, 11) is -3.93. The molecule has 1 aliphatic heterocycles. The standard InChI is InChI=1S/C25H32N4O5S/c1-17(2)15-21(29-35(33,34)20-9-4-3-5-10-20)22(30)16-18-7-6-8-19-11-13-26-23(28-19)12-14-27-25(32)24(18)31/h3-5,9-11,13,17-18,21,29H,6-8,12,14-16H2,1-2H3,(H,27,32). The molecule has 0 radical (unpaired) electrons. The van der Waals surface area contributed by atoms with Crippen molar-refractivity contribution in [1.82, 2.24) is 20.0 Å². The molecule has 2 heterocycles. The van der Waals surface area contributed by atoms with Gasteiger partial charge in [-0.1, -0.05) is 32.0 Å². The normalized spacial score (nSPS) is 18.3. The average molecular weight is 501 g/mol. The van der Waals surface area contributed by atoms with Crippen LogP contribution < -0.4 is 10.0 Å². The summed E-state index contributed by atoms with van der Waals surface area (Å²) in [6, 6.07) is 8.65. The van der Waals surface area contributed by atoms with E-state index in [0.717, 1.165) is 5.69 Å². The molecule has 0 fully saturated rings. The first kappa shape index (κ1) is 26.6. The molecule has 1 aromatic carbocycles. The van der Waals surface area contributed by atoms with Crippen molar-refractivity contribution in [2.45, 2.75) is 63.3 Å². The molecule has 9 nitrogen and oxygen atoms in total. The maximum Gasteiger partial charge on any atom is 0.287 e.